The van der Waals surface area contributed by atoms with Gasteiger partial charge in [0.05, 0.1) is 0 Å². The lowest BCUT2D eigenvalue weighted by Crippen LogP contribution is -2.20. The Morgan fingerprint density at radius 2 is 2.00 bits per heavy atom. The second kappa shape index (κ2) is 5.69. The molecule has 0 aliphatic rings. The fraction of sp³-hybridized carbons (Fsp3) is 0.571. The molecule has 0 amide bonds. The van der Waals surface area contributed by atoms with E-state index in [1.54, 1.807) is 0 Å². The van der Waals surface area contributed by atoms with Gasteiger partial charge in [-0.05, 0) is 36.0 Å². The molecule has 0 saturated carbocycles. The maximum Gasteiger partial charge on any atom is 0.0178 e. The minimum Gasteiger partial charge on any atom is -0.0654 e. The second-order valence-corrected chi connectivity index (χ2v) is 5.44. The molecule has 0 heterocycles. The highest BCUT2D eigenvalue weighted by Gasteiger charge is 2.23. The van der Waals surface area contributed by atoms with E-state index in [9.17, 15) is 0 Å². The molecule has 0 nitrogen and oxygen atoms in total. The van der Waals surface area contributed by atoms with Crippen LogP contribution in [0.15, 0.2) is 28.7 Å². The van der Waals surface area contributed by atoms with Gasteiger partial charge < -0.3 is 0 Å². The smallest absolute Gasteiger partial charge is 0.0178 e. The van der Waals surface area contributed by atoms with Gasteiger partial charge in [0.2, 0.25) is 0 Å². The van der Waals surface area contributed by atoms with Crippen molar-refractivity contribution in [3.63, 3.8) is 0 Å². The number of rotatable bonds is 5. The molecule has 0 aliphatic carbocycles. The molecule has 0 radical (unpaired) electrons. The topological polar surface area (TPSA) is 0 Å². The van der Waals surface area contributed by atoms with Crippen molar-refractivity contribution in [2.24, 2.45) is 0 Å². The average molecular weight is 269 g/mol. The highest BCUT2D eigenvalue weighted by molar-refractivity contribution is 9.10. The summed E-state index contributed by atoms with van der Waals surface area (Å²) in [6.07, 6.45) is 5.10. The number of unbranched alkanes of at least 4 members (excludes halogenated alkanes) is 1. The van der Waals surface area contributed by atoms with Gasteiger partial charge in [-0.15, -0.1) is 0 Å². The van der Waals surface area contributed by atoms with Crippen molar-refractivity contribution in [3.05, 3.63) is 34.3 Å². The molecule has 0 fully saturated rings. The maximum atomic E-state index is 3.55. The zero-order valence-corrected chi connectivity index (χ0v) is 11.6. The molecule has 84 valence electrons. The third-order valence-electron chi connectivity index (χ3n) is 3.38. The van der Waals surface area contributed by atoms with E-state index in [4.69, 9.17) is 0 Å². The van der Waals surface area contributed by atoms with Crippen LogP contribution in [0.2, 0.25) is 0 Å². The van der Waals surface area contributed by atoms with E-state index in [0.29, 0.717) is 5.41 Å². The predicted molar refractivity (Wildman–Crippen MR) is 71.3 cm³/mol. The highest BCUT2D eigenvalue weighted by Crippen LogP contribution is 2.34. The first-order valence-corrected chi connectivity index (χ1v) is 6.67. The zero-order valence-electron chi connectivity index (χ0n) is 10.0. The van der Waals surface area contributed by atoms with E-state index in [1.807, 2.05) is 0 Å². The molecule has 1 unspecified atom stereocenters. The molecule has 1 aromatic carbocycles. The lowest BCUT2D eigenvalue weighted by molar-refractivity contribution is 0.403. The summed E-state index contributed by atoms with van der Waals surface area (Å²) in [7, 11) is 0. The van der Waals surface area contributed by atoms with Crippen LogP contribution < -0.4 is 0 Å². The van der Waals surface area contributed by atoms with Crippen molar-refractivity contribution in [3.8, 4) is 0 Å². The molecule has 1 aromatic rings. The fourth-order valence-corrected chi connectivity index (χ4v) is 2.36. The highest BCUT2D eigenvalue weighted by atomic mass is 79.9. The molecule has 1 heteroatoms. The first-order valence-electron chi connectivity index (χ1n) is 5.88. The molecule has 1 rings (SSSR count). The Labute approximate surface area is 102 Å². The van der Waals surface area contributed by atoms with Crippen LogP contribution in [0.25, 0.3) is 0 Å². The van der Waals surface area contributed by atoms with Gasteiger partial charge in [0.25, 0.3) is 0 Å². The Morgan fingerprint density at radius 1 is 1.27 bits per heavy atom. The zero-order chi connectivity index (χ0) is 11.3. The summed E-state index contributed by atoms with van der Waals surface area (Å²) in [5, 5.41) is 0. The van der Waals surface area contributed by atoms with Crippen molar-refractivity contribution in [1.29, 1.82) is 0 Å². The molecule has 0 aromatic heterocycles. The van der Waals surface area contributed by atoms with Gasteiger partial charge in [-0.25, -0.2) is 0 Å². The molecule has 0 spiro atoms. The lowest BCUT2D eigenvalue weighted by atomic mass is 9.76. The minimum absolute atomic E-state index is 0.347. The number of hydrogen-bond donors (Lipinski definition) is 0. The number of hydrogen-bond acceptors (Lipinski definition) is 0. The van der Waals surface area contributed by atoms with E-state index in [0.717, 1.165) is 0 Å². The van der Waals surface area contributed by atoms with E-state index >= 15 is 0 Å². The first kappa shape index (κ1) is 12.8. The van der Waals surface area contributed by atoms with Crippen LogP contribution in [-0.4, -0.2) is 0 Å². The second-order valence-electron chi connectivity index (χ2n) is 4.53. The summed E-state index contributed by atoms with van der Waals surface area (Å²) in [5.41, 5.74) is 1.81. The van der Waals surface area contributed by atoms with Gasteiger partial charge in [0.15, 0.2) is 0 Å². The minimum atomic E-state index is 0.347. The van der Waals surface area contributed by atoms with Crippen LogP contribution in [0.1, 0.15) is 52.0 Å². The summed E-state index contributed by atoms with van der Waals surface area (Å²) >= 11 is 3.55. The van der Waals surface area contributed by atoms with Crippen LogP contribution in [0.4, 0.5) is 0 Å². The third kappa shape index (κ3) is 3.34. The standard InChI is InChI=1S/C14H21Br/c1-4-6-10-14(3,5-2)12-8-7-9-13(15)11-12/h7-9,11H,4-6,10H2,1-3H3. The molecular weight excluding hydrogens is 248 g/mol. The molecule has 15 heavy (non-hydrogen) atoms. The van der Waals surface area contributed by atoms with Gasteiger partial charge in [0.1, 0.15) is 0 Å². The summed E-state index contributed by atoms with van der Waals surface area (Å²) < 4.78 is 1.19. The van der Waals surface area contributed by atoms with Crippen LogP contribution in [0, 0.1) is 0 Å². The molecule has 1 atom stereocenters. The summed E-state index contributed by atoms with van der Waals surface area (Å²) in [6.45, 7) is 6.93. The van der Waals surface area contributed by atoms with E-state index < -0.39 is 0 Å². The van der Waals surface area contributed by atoms with Crippen molar-refractivity contribution in [2.75, 3.05) is 0 Å². The Balaban J connectivity index is 2.89. The summed E-state index contributed by atoms with van der Waals surface area (Å²) in [6, 6.07) is 8.75. The predicted octanol–water partition coefficient (Wildman–Crippen LogP) is 5.31. The molecular formula is C14H21Br. The van der Waals surface area contributed by atoms with Crippen molar-refractivity contribution in [1.82, 2.24) is 0 Å². The summed E-state index contributed by atoms with van der Waals surface area (Å²) in [5.74, 6) is 0. The maximum absolute atomic E-state index is 3.55. The third-order valence-corrected chi connectivity index (χ3v) is 3.88. The van der Waals surface area contributed by atoms with Gasteiger partial charge in [-0.2, -0.15) is 0 Å². The van der Waals surface area contributed by atoms with Crippen molar-refractivity contribution in [2.45, 2.75) is 51.9 Å². The van der Waals surface area contributed by atoms with Crippen LogP contribution in [0.5, 0.6) is 0 Å². The normalized spacial score (nSPS) is 14.9. The lowest BCUT2D eigenvalue weighted by Gasteiger charge is -2.29. The largest absolute Gasteiger partial charge is 0.0654 e. The summed E-state index contributed by atoms with van der Waals surface area (Å²) in [4.78, 5) is 0. The van der Waals surface area contributed by atoms with Crippen molar-refractivity contribution < 1.29 is 0 Å². The Hall–Kier alpha value is -0.300. The average Bonchev–Trinajstić information content (AvgIpc) is 2.26. The van der Waals surface area contributed by atoms with E-state index in [2.05, 4.69) is 61.0 Å². The van der Waals surface area contributed by atoms with Gasteiger partial charge in [0, 0.05) is 4.47 Å². The quantitative estimate of drug-likeness (QED) is 0.679. The van der Waals surface area contributed by atoms with Gasteiger partial charge >= 0.3 is 0 Å². The fourth-order valence-electron chi connectivity index (χ4n) is 1.96. The molecule has 0 saturated heterocycles. The Kier molecular flexibility index (Phi) is 4.85. The van der Waals surface area contributed by atoms with Crippen molar-refractivity contribution >= 4 is 15.9 Å². The van der Waals surface area contributed by atoms with Crippen LogP contribution in [-0.2, 0) is 5.41 Å². The van der Waals surface area contributed by atoms with Crippen LogP contribution >= 0.6 is 15.9 Å². The molecule has 0 N–H and O–H groups in total. The SMILES string of the molecule is CCCCC(C)(CC)c1cccc(Br)c1. The van der Waals surface area contributed by atoms with Gasteiger partial charge in [-0.3, -0.25) is 0 Å². The number of benzene rings is 1. The molecule has 0 bridgehead atoms. The van der Waals surface area contributed by atoms with E-state index in [1.165, 1.54) is 35.7 Å². The number of halogens is 1. The Bertz CT molecular complexity index is 306. The monoisotopic (exact) mass is 268 g/mol. The van der Waals surface area contributed by atoms with Crippen LogP contribution in [0.3, 0.4) is 0 Å². The molecule has 0 aliphatic heterocycles. The first-order chi connectivity index (χ1) is 7.12. The van der Waals surface area contributed by atoms with Gasteiger partial charge in [-0.1, -0.05) is 61.7 Å². The van der Waals surface area contributed by atoms with E-state index in [-0.39, 0.29) is 0 Å². The Morgan fingerprint density at radius 3 is 2.53 bits per heavy atom.